The average Bonchev–Trinajstić information content (AvgIpc) is 2.36. The van der Waals surface area contributed by atoms with Crippen molar-refractivity contribution in [3.05, 3.63) is 0 Å². The van der Waals surface area contributed by atoms with E-state index in [-0.39, 0.29) is 0 Å². The lowest BCUT2D eigenvalue weighted by Gasteiger charge is -2.23. The number of rotatable bonds is 2. The van der Waals surface area contributed by atoms with E-state index in [1.54, 1.807) is 0 Å². The van der Waals surface area contributed by atoms with Crippen molar-refractivity contribution in [3.8, 4) is 0 Å². The largest absolute Gasteiger partial charge is 0.148 e. The zero-order valence-electron chi connectivity index (χ0n) is 6.14. The first-order chi connectivity index (χ1) is 4.33. The van der Waals surface area contributed by atoms with Gasteiger partial charge >= 0.3 is 0 Å². The zero-order valence-corrected chi connectivity index (χ0v) is 7.78. The molecule has 0 bridgehead atoms. The Morgan fingerprint density at radius 3 is 1.67 bits per heavy atom. The molecule has 0 N–H and O–H groups in total. The first kappa shape index (κ1) is 7.80. The Balaban J connectivity index is 2.45. The summed E-state index contributed by atoms with van der Waals surface area (Å²) in [5.41, 5.74) is 0. The van der Waals surface area contributed by atoms with E-state index in [1.807, 2.05) is 23.5 Å². The van der Waals surface area contributed by atoms with Crippen LogP contribution in [-0.4, -0.2) is 16.6 Å². The molecule has 1 aliphatic rings. The van der Waals surface area contributed by atoms with Gasteiger partial charge in [-0.15, -0.1) is 23.5 Å². The van der Waals surface area contributed by atoms with Crippen LogP contribution in [0.1, 0.15) is 25.7 Å². The minimum Gasteiger partial charge on any atom is -0.148 e. The fourth-order valence-corrected chi connectivity index (χ4v) is 3.47. The first-order valence-electron chi connectivity index (χ1n) is 3.43. The second kappa shape index (κ2) is 3.20. The monoisotopic (exact) mass is 162 g/mol. The van der Waals surface area contributed by atoms with Crippen molar-refractivity contribution in [2.24, 2.45) is 0 Å². The molecule has 0 amide bonds. The molecule has 1 rings (SSSR count). The molecular weight excluding hydrogens is 148 g/mol. The van der Waals surface area contributed by atoms with E-state index in [1.165, 1.54) is 25.7 Å². The van der Waals surface area contributed by atoms with Gasteiger partial charge in [0.2, 0.25) is 0 Å². The molecule has 0 heterocycles. The first-order valence-corrected chi connectivity index (χ1v) is 5.88. The highest BCUT2D eigenvalue weighted by Gasteiger charge is 2.31. The molecule has 0 aromatic carbocycles. The van der Waals surface area contributed by atoms with Gasteiger partial charge in [-0.25, -0.2) is 0 Å². The standard InChI is InChI=1S/C7H14S2/c1-8-7(9-2)5-3-4-6-7/h3-6H2,1-2H3. The Kier molecular flexibility index (Phi) is 2.77. The van der Waals surface area contributed by atoms with Crippen LogP contribution in [0.3, 0.4) is 0 Å². The summed E-state index contributed by atoms with van der Waals surface area (Å²) in [7, 11) is 0. The van der Waals surface area contributed by atoms with Crippen molar-refractivity contribution in [3.63, 3.8) is 0 Å². The number of hydrogen-bond donors (Lipinski definition) is 0. The molecule has 0 atom stereocenters. The molecule has 54 valence electrons. The Labute approximate surface area is 66.2 Å². The van der Waals surface area contributed by atoms with Crippen LogP contribution in [0.15, 0.2) is 0 Å². The number of thioether (sulfide) groups is 2. The molecule has 9 heavy (non-hydrogen) atoms. The second-order valence-electron chi connectivity index (χ2n) is 2.53. The van der Waals surface area contributed by atoms with E-state index in [4.69, 9.17) is 0 Å². The Morgan fingerprint density at radius 2 is 1.44 bits per heavy atom. The maximum atomic E-state index is 2.24. The molecule has 0 aromatic rings. The SMILES string of the molecule is CSC1(SC)CCCC1. The summed E-state index contributed by atoms with van der Waals surface area (Å²) in [6.45, 7) is 0. The van der Waals surface area contributed by atoms with Crippen molar-refractivity contribution in [2.45, 2.75) is 29.8 Å². The summed E-state index contributed by atoms with van der Waals surface area (Å²) < 4.78 is 0.611. The van der Waals surface area contributed by atoms with Crippen LogP contribution in [0, 0.1) is 0 Å². The normalized spacial score (nSPS) is 24.7. The van der Waals surface area contributed by atoms with E-state index >= 15 is 0 Å². The van der Waals surface area contributed by atoms with Gasteiger partial charge in [0.15, 0.2) is 0 Å². The predicted octanol–water partition coefficient (Wildman–Crippen LogP) is 2.98. The van der Waals surface area contributed by atoms with Crippen molar-refractivity contribution in [1.82, 2.24) is 0 Å². The van der Waals surface area contributed by atoms with Gasteiger partial charge in [-0.05, 0) is 25.4 Å². The third kappa shape index (κ3) is 1.58. The van der Waals surface area contributed by atoms with Crippen molar-refractivity contribution in [2.75, 3.05) is 12.5 Å². The quantitative estimate of drug-likeness (QED) is 0.573. The van der Waals surface area contributed by atoms with Gasteiger partial charge in [-0.1, -0.05) is 12.8 Å². The van der Waals surface area contributed by atoms with E-state index in [9.17, 15) is 0 Å². The molecule has 1 aliphatic carbocycles. The van der Waals surface area contributed by atoms with Gasteiger partial charge in [-0.2, -0.15) is 0 Å². The Morgan fingerprint density at radius 1 is 1.00 bits per heavy atom. The molecular formula is C7H14S2. The molecule has 0 spiro atoms. The van der Waals surface area contributed by atoms with Crippen LogP contribution in [0.2, 0.25) is 0 Å². The lowest BCUT2D eigenvalue weighted by molar-refractivity contribution is 0.848. The van der Waals surface area contributed by atoms with Gasteiger partial charge in [0.25, 0.3) is 0 Å². The van der Waals surface area contributed by atoms with Crippen LogP contribution in [-0.2, 0) is 0 Å². The molecule has 1 saturated carbocycles. The Hall–Kier alpha value is 0.700. The topological polar surface area (TPSA) is 0 Å². The molecule has 0 aromatic heterocycles. The van der Waals surface area contributed by atoms with E-state index in [2.05, 4.69) is 12.5 Å². The molecule has 0 nitrogen and oxygen atoms in total. The van der Waals surface area contributed by atoms with E-state index in [0.29, 0.717) is 4.08 Å². The van der Waals surface area contributed by atoms with Crippen molar-refractivity contribution in [1.29, 1.82) is 0 Å². The third-order valence-corrected chi connectivity index (χ3v) is 5.41. The molecule has 1 fully saturated rings. The fourth-order valence-electron chi connectivity index (χ4n) is 1.41. The second-order valence-corrected chi connectivity index (χ2v) is 5.16. The van der Waals surface area contributed by atoms with Crippen molar-refractivity contribution >= 4 is 23.5 Å². The highest BCUT2D eigenvalue weighted by Crippen LogP contribution is 2.47. The number of hydrogen-bond acceptors (Lipinski definition) is 2. The third-order valence-electron chi connectivity index (χ3n) is 2.11. The summed E-state index contributed by atoms with van der Waals surface area (Å²) in [6.07, 6.45) is 10.2. The van der Waals surface area contributed by atoms with Crippen LogP contribution in [0.25, 0.3) is 0 Å². The lowest BCUT2D eigenvalue weighted by Crippen LogP contribution is -2.12. The summed E-state index contributed by atoms with van der Waals surface area (Å²) in [5, 5.41) is 0. The molecule has 0 saturated heterocycles. The van der Waals surface area contributed by atoms with Crippen molar-refractivity contribution < 1.29 is 0 Å². The summed E-state index contributed by atoms with van der Waals surface area (Å²) in [4.78, 5) is 0. The zero-order chi connectivity index (χ0) is 6.74. The van der Waals surface area contributed by atoms with Gasteiger partial charge < -0.3 is 0 Å². The van der Waals surface area contributed by atoms with Gasteiger partial charge in [0, 0.05) is 0 Å². The molecule has 0 unspecified atom stereocenters. The maximum absolute atomic E-state index is 2.24. The van der Waals surface area contributed by atoms with Crippen LogP contribution < -0.4 is 0 Å². The van der Waals surface area contributed by atoms with Crippen LogP contribution >= 0.6 is 23.5 Å². The molecule has 2 heteroatoms. The Bertz CT molecular complexity index is 78.9. The van der Waals surface area contributed by atoms with Gasteiger partial charge in [-0.3, -0.25) is 0 Å². The van der Waals surface area contributed by atoms with E-state index < -0.39 is 0 Å². The molecule has 0 aliphatic heterocycles. The van der Waals surface area contributed by atoms with Gasteiger partial charge in [0.1, 0.15) is 0 Å². The highest BCUT2D eigenvalue weighted by atomic mass is 32.2. The van der Waals surface area contributed by atoms with Gasteiger partial charge in [0.05, 0.1) is 4.08 Å². The predicted molar refractivity (Wildman–Crippen MR) is 48.2 cm³/mol. The fraction of sp³-hybridized carbons (Fsp3) is 1.00. The molecule has 0 radical (unpaired) electrons. The summed E-state index contributed by atoms with van der Waals surface area (Å²) in [5.74, 6) is 0. The average molecular weight is 162 g/mol. The lowest BCUT2D eigenvalue weighted by atomic mass is 10.4. The highest BCUT2D eigenvalue weighted by molar-refractivity contribution is 8.17. The summed E-state index contributed by atoms with van der Waals surface area (Å²) in [6, 6.07) is 0. The minimum absolute atomic E-state index is 0.611. The summed E-state index contributed by atoms with van der Waals surface area (Å²) >= 11 is 4.09. The maximum Gasteiger partial charge on any atom is 0.0605 e. The smallest absolute Gasteiger partial charge is 0.0605 e. The van der Waals surface area contributed by atoms with E-state index in [0.717, 1.165) is 0 Å². The van der Waals surface area contributed by atoms with Crippen LogP contribution in [0.4, 0.5) is 0 Å². The van der Waals surface area contributed by atoms with Crippen LogP contribution in [0.5, 0.6) is 0 Å². The minimum atomic E-state index is 0.611.